The van der Waals surface area contributed by atoms with Crippen LogP contribution in [0.2, 0.25) is 0 Å². The number of aromatic nitrogens is 2. The number of nitrogens with zero attached hydrogens (tertiary/aromatic N) is 3. The molecule has 0 bridgehead atoms. The van der Waals surface area contributed by atoms with Crippen LogP contribution in [0.4, 0.5) is 0 Å². The summed E-state index contributed by atoms with van der Waals surface area (Å²) in [6, 6.07) is 17.7. The van der Waals surface area contributed by atoms with Gasteiger partial charge in [-0.25, -0.2) is 0 Å². The molecule has 1 saturated heterocycles. The number of carbonyl (C=O) groups is 1. The van der Waals surface area contributed by atoms with Crippen LogP contribution < -0.4 is 10.1 Å². The smallest absolute Gasteiger partial charge is 0.307 e. The number of hydrogen-bond acceptors (Lipinski definition) is 5. The van der Waals surface area contributed by atoms with Gasteiger partial charge in [-0.1, -0.05) is 6.07 Å². The maximum atomic E-state index is 11.9. The lowest BCUT2D eigenvalue weighted by molar-refractivity contribution is -0.140. The number of rotatable bonds is 7. The number of aryl methyl sites for hydroxylation is 1. The van der Waals surface area contributed by atoms with Crippen molar-refractivity contribution in [2.45, 2.75) is 25.4 Å². The van der Waals surface area contributed by atoms with Crippen molar-refractivity contribution in [3.63, 3.8) is 0 Å². The van der Waals surface area contributed by atoms with Gasteiger partial charge in [0.2, 0.25) is 0 Å². The van der Waals surface area contributed by atoms with Crippen molar-refractivity contribution in [3.05, 3.63) is 77.9 Å². The monoisotopic (exact) mass is 450 g/mol. The standard InChI is InChI=1S/C24H26N4O3S/c1-16-7-12-20(28(16)17-8-10-18(30-2)11-9-17)23-22(19-6-4-5-14-25-19)26-24(32)27(23)15-13-21(29)31-3/h4-12,14,22-23H,13,15H2,1-3H3,(H,26,32)/t22-,23-/m1/s1. The molecule has 1 aliphatic rings. The fraction of sp³-hybridized carbons (Fsp3) is 0.292. The molecule has 0 radical (unpaired) electrons. The molecule has 32 heavy (non-hydrogen) atoms. The van der Waals surface area contributed by atoms with Gasteiger partial charge in [-0.15, -0.1) is 0 Å². The Balaban J connectivity index is 1.79. The number of pyridine rings is 1. The highest BCUT2D eigenvalue weighted by molar-refractivity contribution is 7.80. The second-order valence-electron chi connectivity index (χ2n) is 7.58. The minimum Gasteiger partial charge on any atom is -0.497 e. The molecule has 8 heteroatoms. The summed E-state index contributed by atoms with van der Waals surface area (Å²) in [6.45, 7) is 2.52. The molecule has 3 aromatic rings. The Kier molecular flexibility index (Phi) is 6.41. The summed E-state index contributed by atoms with van der Waals surface area (Å²) in [5.41, 5.74) is 4.06. The molecule has 3 heterocycles. The van der Waals surface area contributed by atoms with Gasteiger partial charge < -0.3 is 24.3 Å². The molecule has 2 aromatic heterocycles. The van der Waals surface area contributed by atoms with E-state index in [2.05, 4.69) is 38.8 Å². The van der Waals surface area contributed by atoms with Crippen molar-refractivity contribution < 1.29 is 14.3 Å². The van der Waals surface area contributed by atoms with Crippen molar-refractivity contribution in [1.29, 1.82) is 0 Å². The summed E-state index contributed by atoms with van der Waals surface area (Å²) >= 11 is 5.69. The van der Waals surface area contributed by atoms with Crippen molar-refractivity contribution in [3.8, 4) is 11.4 Å². The molecule has 0 amide bonds. The van der Waals surface area contributed by atoms with E-state index in [4.69, 9.17) is 21.7 Å². The normalized spacial score (nSPS) is 17.8. The summed E-state index contributed by atoms with van der Waals surface area (Å²) in [5, 5.41) is 4.02. The predicted molar refractivity (Wildman–Crippen MR) is 126 cm³/mol. The van der Waals surface area contributed by atoms with Crippen LogP contribution in [0.1, 0.15) is 35.6 Å². The van der Waals surface area contributed by atoms with Crippen molar-refractivity contribution in [1.82, 2.24) is 19.8 Å². The Labute approximate surface area is 193 Å². The van der Waals surface area contributed by atoms with Crippen LogP contribution in [0.25, 0.3) is 5.69 Å². The van der Waals surface area contributed by atoms with Crippen LogP contribution in [0.15, 0.2) is 60.8 Å². The molecule has 1 fully saturated rings. The first-order valence-electron chi connectivity index (χ1n) is 10.4. The molecule has 1 N–H and O–H groups in total. The van der Waals surface area contributed by atoms with E-state index in [1.165, 1.54) is 7.11 Å². The zero-order chi connectivity index (χ0) is 22.7. The zero-order valence-electron chi connectivity index (χ0n) is 18.3. The first-order chi connectivity index (χ1) is 15.5. The zero-order valence-corrected chi connectivity index (χ0v) is 19.1. The van der Waals surface area contributed by atoms with Crippen molar-refractivity contribution in [2.24, 2.45) is 0 Å². The molecule has 0 saturated carbocycles. The Morgan fingerprint density at radius 3 is 2.56 bits per heavy atom. The number of nitrogens with one attached hydrogen (secondary N) is 1. The largest absolute Gasteiger partial charge is 0.497 e. The summed E-state index contributed by atoms with van der Waals surface area (Å²) in [4.78, 5) is 18.5. The highest BCUT2D eigenvalue weighted by Gasteiger charge is 2.41. The minimum absolute atomic E-state index is 0.155. The second kappa shape index (κ2) is 9.40. The Bertz CT molecular complexity index is 1100. The van der Waals surface area contributed by atoms with Gasteiger partial charge in [0.15, 0.2) is 5.11 Å². The first kappa shape index (κ1) is 21.8. The summed E-state index contributed by atoms with van der Waals surface area (Å²) in [5.74, 6) is 0.532. The molecular weight excluding hydrogens is 424 g/mol. The van der Waals surface area contributed by atoms with E-state index in [9.17, 15) is 4.79 Å². The molecule has 7 nitrogen and oxygen atoms in total. The molecule has 2 atom stereocenters. The third kappa shape index (κ3) is 4.18. The molecule has 166 valence electrons. The Morgan fingerprint density at radius 2 is 1.91 bits per heavy atom. The predicted octanol–water partition coefficient (Wildman–Crippen LogP) is 3.72. The van der Waals surface area contributed by atoms with Gasteiger partial charge in [0, 0.05) is 29.8 Å². The summed E-state index contributed by atoms with van der Waals surface area (Å²) in [6.07, 6.45) is 2.02. The number of esters is 1. The number of hydrogen-bond donors (Lipinski definition) is 1. The van der Waals surface area contributed by atoms with Crippen LogP contribution in [-0.2, 0) is 9.53 Å². The van der Waals surface area contributed by atoms with Crippen molar-refractivity contribution >= 4 is 23.3 Å². The maximum absolute atomic E-state index is 11.9. The average Bonchev–Trinajstić information content (AvgIpc) is 3.37. The average molecular weight is 451 g/mol. The van der Waals surface area contributed by atoms with E-state index in [1.54, 1.807) is 13.3 Å². The van der Waals surface area contributed by atoms with E-state index < -0.39 is 0 Å². The molecule has 0 aliphatic carbocycles. The number of benzene rings is 1. The molecule has 0 spiro atoms. The van der Waals surface area contributed by atoms with Gasteiger partial charge in [-0.05, 0) is 67.7 Å². The van der Waals surface area contributed by atoms with Crippen LogP contribution in [-0.4, -0.2) is 46.3 Å². The fourth-order valence-electron chi connectivity index (χ4n) is 4.16. The first-order valence-corrected chi connectivity index (χ1v) is 10.8. The van der Waals surface area contributed by atoms with Crippen molar-refractivity contribution in [2.75, 3.05) is 20.8 Å². The maximum Gasteiger partial charge on any atom is 0.307 e. The van der Waals surface area contributed by atoms with Crippen LogP contribution in [0.5, 0.6) is 5.75 Å². The molecule has 0 unspecified atom stereocenters. The number of methoxy groups -OCH3 is 2. The molecule has 1 aliphatic heterocycles. The third-order valence-corrected chi connectivity index (χ3v) is 6.07. The minimum atomic E-state index is -0.269. The van der Waals surface area contributed by atoms with E-state index in [-0.39, 0.29) is 24.5 Å². The Morgan fingerprint density at radius 1 is 1.12 bits per heavy atom. The molecule has 4 rings (SSSR count). The topological polar surface area (TPSA) is 68.6 Å². The second-order valence-corrected chi connectivity index (χ2v) is 7.97. The van der Waals surface area contributed by atoms with Gasteiger partial charge in [-0.2, -0.15) is 0 Å². The highest BCUT2D eigenvalue weighted by Crippen LogP contribution is 2.40. The number of ether oxygens (including phenoxy) is 2. The molecule has 1 aromatic carbocycles. The van der Waals surface area contributed by atoms with Crippen LogP contribution in [0.3, 0.4) is 0 Å². The van der Waals surface area contributed by atoms with Crippen LogP contribution in [0, 0.1) is 6.92 Å². The SMILES string of the molecule is COC(=O)CCN1C(=S)N[C@H](c2ccccn2)[C@H]1c1ccc(C)n1-c1ccc(OC)cc1. The quantitative estimate of drug-likeness (QED) is 0.435. The van der Waals surface area contributed by atoms with E-state index in [1.807, 2.05) is 42.5 Å². The van der Waals surface area contributed by atoms with E-state index in [0.717, 1.165) is 28.5 Å². The van der Waals surface area contributed by atoms with Gasteiger partial charge in [0.25, 0.3) is 0 Å². The van der Waals surface area contributed by atoms with E-state index in [0.29, 0.717) is 11.7 Å². The third-order valence-electron chi connectivity index (χ3n) is 5.72. The van der Waals surface area contributed by atoms with Crippen LogP contribution >= 0.6 is 12.2 Å². The summed E-state index contributed by atoms with van der Waals surface area (Å²) in [7, 11) is 3.05. The molecular formula is C24H26N4O3S. The lowest BCUT2D eigenvalue weighted by Gasteiger charge is -2.29. The number of carbonyl (C=O) groups excluding carboxylic acids is 1. The van der Waals surface area contributed by atoms with Gasteiger partial charge in [0.05, 0.1) is 38.4 Å². The fourth-order valence-corrected chi connectivity index (χ4v) is 4.49. The number of thiocarbonyl (C=S) groups is 1. The summed E-state index contributed by atoms with van der Waals surface area (Å²) < 4.78 is 12.4. The van der Waals surface area contributed by atoms with E-state index >= 15 is 0 Å². The lowest BCUT2D eigenvalue weighted by Crippen LogP contribution is -2.32. The van der Waals surface area contributed by atoms with Gasteiger partial charge in [-0.3, -0.25) is 9.78 Å². The van der Waals surface area contributed by atoms with Gasteiger partial charge in [0.1, 0.15) is 5.75 Å². The van der Waals surface area contributed by atoms with Gasteiger partial charge >= 0.3 is 5.97 Å². The lowest BCUT2D eigenvalue weighted by atomic mass is 10.0. The Hall–Kier alpha value is -3.39. The highest BCUT2D eigenvalue weighted by atomic mass is 32.1.